The average Bonchev–Trinajstić information content (AvgIpc) is 2.42. The third kappa shape index (κ3) is 2.64. The first kappa shape index (κ1) is 14.0. The molecular formula is C16H19FN2O2. The van der Waals surface area contributed by atoms with Gasteiger partial charge >= 0.3 is 11.8 Å². The quantitative estimate of drug-likeness (QED) is 0.800. The minimum absolute atomic E-state index is 0.357. The van der Waals surface area contributed by atoms with Crippen molar-refractivity contribution in [3.63, 3.8) is 0 Å². The van der Waals surface area contributed by atoms with Gasteiger partial charge in [0.2, 0.25) is 0 Å². The van der Waals surface area contributed by atoms with E-state index in [2.05, 4.69) is 0 Å². The van der Waals surface area contributed by atoms with E-state index >= 15 is 0 Å². The topological polar surface area (TPSA) is 40.6 Å². The molecule has 0 N–H and O–H groups in total. The van der Waals surface area contributed by atoms with Gasteiger partial charge in [-0.05, 0) is 43.4 Å². The number of halogens is 1. The zero-order valence-corrected chi connectivity index (χ0v) is 12.1. The maximum atomic E-state index is 13.6. The summed E-state index contributed by atoms with van der Waals surface area (Å²) in [5, 5.41) is 0. The molecule has 2 fully saturated rings. The van der Waals surface area contributed by atoms with Gasteiger partial charge in [-0.1, -0.05) is 12.5 Å². The van der Waals surface area contributed by atoms with Gasteiger partial charge in [0.15, 0.2) is 0 Å². The fourth-order valence-electron chi connectivity index (χ4n) is 2.83. The monoisotopic (exact) mass is 290 g/mol. The van der Waals surface area contributed by atoms with Crippen LogP contribution in [-0.4, -0.2) is 36.3 Å². The average molecular weight is 290 g/mol. The van der Waals surface area contributed by atoms with E-state index in [1.807, 2.05) is 0 Å². The molecule has 1 aliphatic carbocycles. The SMILES string of the molecule is Cc1ccc(N2CCN(CC3CCC3)C(=O)C2=O)cc1F. The molecule has 0 aromatic heterocycles. The van der Waals surface area contributed by atoms with Crippen LogP contribution in [0.3, 0.4) is 0 Å². The molecule has 4 nitrogen and oxygen atoms in total. The van der Waals surface area contributed by atoms with E-state index in [0.717, 1.165) is 12.8 Å². The van der Waals surface area contributed by atoms with Crippen molar-refractivity contribution < 1.29 is 14.0 Å². The highest BCUT2D eigenvalue weighted by Crippen LogP contribution is 2.28. The molecule has 0 radical (unpaired) electrons. The maximum Gasteiger partial charge on any atom is 0.316 e. The van der Waals surface area contributed by atoms with Gasteiger partial charge in [0.05, 0.1) is 0 Å². The molecule has 1 saturated heterocycles. The van der Waals surface area contributed by atoms with Crippen molar-refractivity contribution in [2.45, 2.75) is 26.2 Å². The van der Waals surface area contributed by atoms with Crippen LogP contribution in [0.25, 0.3) is 0 Å². The number of hydrogen-bond acceptors (Lipinski definition) is 2. The lowest BCUT2D eigenvalue weighted by atomic mass is 9.85. The largest absolute Gasteiger partial charge is 0.332 e. The fraction of sp³-hybridized carbons (Fsp3) is 0.500. The molecule has 3 rings (SSSR count). The Morgan fingerprint density at radius 1 is 1.19 bits per heavy atom. The van der Waals surface area contributed by atoms with Gasteiger partial charge in [-0.2, -0.15) is 0 Å². The molecule has 0 bridgehead atoms. The Bertz CT molecular complexity index is 584. The van der Waals surface area contributed by atoms with E-state index in [1.54, 1.807) is 24.0 Å². The van der Waals surface area contributed by atoms with Crippen molar-refractivity contribution in [3.8, 4) is 0 Å². The minimum atomic E-state index is -0.552. The molecule has 1 saturated carbocycles. The lowest BCUT2D eigenvalue weighted by molar-refractivity contribution is -0.147. The first-order valence-corrected chi connectivity index (χ1v) is 7.43. The zero-order valence-electron chi connectivity index (χ0n) is 12.1. The van der Waals surface area contributed by atoms with Gasteiger partial charge in [0.1, 0.15) is 5.82 Å². The molecule has 1 aliphatic heterocycles. The van der Waals surface area contributed by atoms with Gasteiger partial charge in [-0.25, -0.2) is 4.39 Å². The molecule has 0 atom stereocenters. The summed E-state index contributed by atoms with van der Waals surface area (Å²) < 4.78 is 13.6. The summed E-state index contributed by atoms with van der Waals surface area (Å²) in [7, 11) is 0. The molecule has 2 amide bonds. The van der Waals surface area contributed by atoms with Crippen LogP contribution in [0, 0.1) is 18.7 Å². The van der Waals surface area contributed by atoms with Crippen LogP contribution >= 0.6 is 0 Å². The van der Waals surface area contributed by atoms with Gasteiger partial charge in [0.25, 0.3) is 0 Å². The van der Waals surface area contributed by atoms with Crippen molar-refractivity contribution in [3.05, 3.63) is 29.6 Å². The normalized spacial score (nSPS) is 19.9. The van der Waals surface area contributed by atoms with Crippen molar-refractivity contribution in [2.24, 2.45) is 5.92 Å². The first-order chi connectivity index (χ1) is 10.1. The molecule has 5 heteroatoms. The fourth-order valence-corrected chi connectivity index (χ4v) is 2.83. The minimum Gasteiger partial charge on any atom is -0.332 e. The first-order valence-electron chi connectivity index (χ1n) is 7.43. The predicted octanol–water partition coefficient (Wildman–Crippen LogP) is 2.11. The number of aryl methyl sites for hydroxylation is 1. The number of carbonyl (C=O) groups excluding carboxylic acids is 2. The lowest BCUT2D eigenvalue weighted by Crippen LogP contribution is -2.55. The number of benzene rings is 1. The summed E-state index contributed by atoms with van der Waals surface area (Å²) in [6.07, 6.45) is 3.51. The van der Waals surface area contributed by atoms with E-state index in [1.165, 1.54) is 17.4 Å². The number of rotatable bonds is 3. The van der Waals surface area contributed by atoms with Crippen LogP contribution in [-0.2, 0) is 9.59 Å². The molecule has 0 unspecified atom stereocenters. The summed E-state index contributed by atoms with van der Waals surface area (Å²) in [5.74, 6) is -0.826. The van der Waals surface area contributed by atoms with Crippen LogP contribution in [0.2, 0.25) is 0 Å². The number of carbonyl (C=O) groups is 2. The Balaban J connectivity index is 1.72. The van der Waals surface area contributed by atoms with Crippen molar-refractivity contribution >= 4 is 17.5 Å². The summed E-state index contributed by atoms with van der Waals surface area (Å²) in [6, 6.07) is 4.64. The van der Waals surface area contributed by atoms with E-state index in [4.69, 9.17) is 0 Å². The predicted molar refractivity (Wildman–Crippen MR) is 77.4 cm³/mol. The molecule has 2 aliphatic rings. The summed E-state index contributed by atoms with van der Waals surface area (Å²) in [4.78, 5) is 27.4. The van der Waals surface area contributed by atoms with Gasteiger partial charge in [0, 0.05) is 25.3 Å². The molecular weight excluding hydrogens is 271 g/mol. The Kier molecular flexibility index (Phi) is 3.66. The van der Waals surface area contributed by atoms with E-state index < -0.39 is 11.8 Å². The molecule has 21 heavy (non-hydrogen) atoms. The van der Waals surface area contributed by atoms with Gasteiger partial charge in [-0.15, -0.1) is 0 Å². The number of nitrogens with zero attached hydrogens (tertiary/aromatic N) is 2. The Morgan fingerprint density at radius 3 is 2.57 bits per heavy atom. The summed E-state index contributed by atoms with van der Waals surface area (Å²) in [5.41, 5.74) is 0.987. The number of amides is 2. The molecule has 0 spiro atoms. The van der Waals surface area contributed by atoms with Crippen LogP contribution in [0.5, 0.6) is 0 Å². The van der Waals surface area contributed by atoms with Gasteiger partial charge in [-0.3, -0.25) is 9.59 Å². The smallest absolute Gasteiger partial charge is 0.316 e. The third-order valence-corrected chi connectivity index (χ3v) is 4.48. The highest BCUT2D eigenvalue weighted by Gasteiger charge is 2.35. The lowest BCUT2D eigenvalue weighted by Gasteiger charge is -2.37. The highest BCUT2D eigenvalue weighted by molar-refractivity contribution is 6.41. The van der Waals surface area contributed by atoms with Gasteiger partial charge < -0.3 is 9.80 Å². The second kappa shape index (κ2) is 5.47. The van der Waals surface area contributed by atoms with E-state index in [9.17, 15) is 14.0 Å². The molecule has 112 valence electrons. The van der Waals surface area contributed by atoms with E-state index in [0.29, 0.717) is 36.8 Å². The van der Waals surface area contributed by atoms with Crippen molar-refractivity contribution in [1.29, 1.82) is 0 Å². The Morgan fingerprint density at radius 2 is 1.95 bits per heavy atom. The maximum absolute atomic E-state index is 13.6. The summed E-state index contributed by atoms with van der Waals surface area (Å²) >= 11 is 0. The highest BCUT2D eigenvalue weighted by atomic mass is 19.1. The van der Waals surface area contributed by atoms with Crippen LogP contribution in [0.4, 0.5) is 10.1 Å². The second-order valence-corrected chi connectivity index (χ2v) is 5.94. The van der Waals surface area contributed by atoms with Crippen molar-refractivity contribution in [1.82, 2.24) is 4.90 Å². The number of anilines is 1. The third-order valence-electron chi connectivity index (χ3n) is 4.48. The molecule has 1 aromatic rings. The van der Waals surface area contributed by atoms with Crippen LogP contribution in [0.1, 0.15) is 24.8 Å². The summed E-state index contributed by atoms with van der Waals surface area (Å²) in [6.45, 7) is 3.31. The standard InChI is InChI=1S/C16H19FN2O2/c1-11-5-6-13(9-14(11)17)19-8-7-18(15(20)16(19)21)10-12-3-2-4-12/h5-6,9,12H,2-4,7-8,10H2,1H3. The molecule has 1 heterocycles. The van der Waals surface area contributed by atoms with Crippen molar-refractivity contribution in [2.75, 3.05) is 24.5 Å². The van der Waals surface area contributed by atoms with Crippen LogP contribution < -0.4 is 4.90 Å². The number of hydrogen-bond donors (Lipinski definition) is 0. The Labute approximate surface area is 123 Å². The second-order valence-electron chi connectivity index (χ2n) is 5.94. The zero-order chi connectivity index (χ0) is 15.0. The van der Waals surface area contributed by atoms with E-state index in [-0.39, 0.29) is 5.82 Å². The molecule has 1 aromatic carbocycles. The number of piperazine rings is 1. The Hall–Kier alpha value is -1.91. The van der Waals surface area contributed by atoms with Crippen LogP contribution in [0.15, 0.2) is 18.2 Å².